The second-order valence-electron chi connectivity index (χ2n) is 5.18. The number of carbonyl (C=O) groups is 1. The van der Waals surface area contributed by atoms with Gasteiger partial charge in [0.15, 0.2) is 0 Å². The summed E-state index contributed by atoms with van der Waals surface area (Å²) < 4.78 is 5.27. The van der Waals surface area contributed by atoms with Crippen LogP contribution in [0.25, 0.3) is 0 Å². The fourth-order valence-electron chi connectivity index (χ4n) is 2.86. The van der Waals surface area contributed by atoms with Crippen LogP contribution in [0, 0.1) is 11.3 Å². The molecule has 1 aliphatic carbocycles. The van der Waals surface area contributed by atoms with Crippen molar-refractivity contribution < 1.29 is 9.53 Å². The fourth-order valence-corrected chi connectivity index (χ4v) is 2.86. The summed E-state index contributed by atoms with van der Waals surface area (Å²) in [5, 5.41) is 0. The molecule has 0 aromatic rings. The molecule has 1 saturated carbocycles. The van der Waals surface area contributed by atoms with Gasteiger partial charge in [0, 0.05) is 6.92 Å². The van der Waals surface area contributed by atoms with Crippen molar-refractivity contribution in [3.63, 3.8) is 0 Å². The molecule has 0 bridgehead atoms. The van der Waals surface area contributed by atoms with Gasteiger partial charge in [0.05, 0.1) is 0 Å². The van der Waals surface area contributed by atoms with Crippen molar-refractivity contribution in [3.05, 3.63) is 0 Å². The number of esters is 1. The van der Waals surface area contributed by atoms with Crippen LogP contribution in [-0.4, -0.2) is 12.1 Å². The van der Waals surface area contributed by atoms with Gasteiger partial charge >= 0.3 is 5.97 Å². The van der Waals surface area contributed by atoms with E-state index in [1.165, 1.54) is 26.2 Å². The Bertz CT molecular complexity index is 213. The van der Waals surface area contributed by atoms with Crippen molar-refractivity contribution in [2.45, 2.75) is 65.9 Å². The first kappa shape index (κ1) is 12.5. The lowest BCUT2D eigenvalue weighted by Gasteiger charge is -2.42. The molecule has 1 aliphatic rings. The van der Waals surface area contributed by atoms with E-state index in [0.29, 0.717) is 5.41 Å². The Balaban J connectivity index is 2.49. The van der Waals surface area contributed by atoms with Crippen LogP contribution in [0.5, 0.6) is 0 Å². The van der Waals surface area contributed by atoms with Crippen molar-refractivity contribution >= 4 is 5.97 Å². The lowest BCUT2D eigenvalue weighted by molar-refractivity contribution is -0.149. The van der Waals surface area contributed by atoms with E-state index in [-0.39, 0.29) is 12.1 Å². The van der Waals surface area contributed by atoms with Gasteiger partial charge in [-0.2, -0.15) is 0 Å². The first-order chi connectivity index (χ1) is 7.00. The molecule has 0 aromatic carbocycles. The molecule has 0 aliphatic heterocycles. The maximum atomic E-state index is 10.9. The fraction of sp³-hybridized carbons (Fsp3) is 0.923. The molecular weight excluding hydrogens is 188 g/mol. The number of rotatable bonds is 3. The predicted octanol–water partition coefficient (Wildman–Crippen LogP) is 3.54. The standard InChI is InChI=1S/C13H24O2/c1-5-13(10(2)3)8-6-12(7-9-13)15-11(4)14/h10,12H,5-9H2,1-4H3. The number of ether oxygens (including phenoxy) is 1. The number of carbonyl (C=O) groups excluding carboxylic acids is 1. The van der Waals surface area contributed by atoms with Gasteiger partial charge in [-0.3, -0.25) is 4.79 Å². The molecule has 1 rings (SSSR count). The summed E-state index contributed by atoms with van der Waals surface area (Å²) in [6, 6.07) is 0. The molecule has 0 radical (unpaired) electrons. The summed E-state index contributed by atoms with van der Waals surface area (Å²) >= 11 is 0. The van der Waals surface area contributed by atoms with Crippen LogP contribution in [0.1, 0.15) is 59.8 Å². The van der Waals surface area contributed by atoms with Gasteiger partial charge in [0.2, 0.25) is 0 Å². The zero-order valence-electron chi connectivity index (χ0n) is 10.5. The smallest absolute Gasteiger partial charge is 0.302 e. The molecule has 0 amide bonds. The highest BCUT2D eigenvalue weighted by atomic mass is 16.5. The Morgan fingerprint density at radius 3 is 2.27 bits per heavy atom. The van der Waals surface area contributed by atoms with Crippen LogP contribution in [0.2, 0.25) is 0 Å². The molecule has 1 fully saturated rings. The quantitative estimate of drug-likeness (QED) is 0.669. The van der Waals surface area contributed by atoms with E-state index in [9.17, 15) is 4.79 Å². The summed E-state index contributed by atoms with van der Waals surface area (Å²) in [6.07, 6.45) is 5.94. The normalized spacial score (nSPS) is 31.7. The van der Waals surface area contributed by atoms with Crippen molar-refractivity contribution in [3.8, 4) is 0 Å². The molecule has 2 heteroatoms. The molecule has 0 spiro atoms. The summed E-state index contributed by atoms with van der Waals surface area (Å²) in [6.45, 7) is 8.42. The highest BCUT2D eigenvalue weighted by molar-refractivity contribution is 5.66. The van der Waals surface area contributed by atoms with E-state index in [4.69, 9.17) is 4.74 Å². The van der Waals surface area contributed by atoms with Gasteiger partial charge in [-0.25, -0.2) is 0 Å². The van der Waals surface area contributed by atoms with Crippen LogP contribution >= 0.6 is 0 Å². The monoisotopic (exact) mass is 212 g/mol. The molecule has 0 heterocycles. The maximum Gasteiger partial charge on any atom is 0.302 e. The number of hydrogen-bond acceptors (Lipinski definition) is 2. The zero-order chi connectivity index (χ0) is 11.5. The Morgan fingerprint density at radius 1 is 1.40 bits per heavy atom. The highest BCUT2D eigenvalue weighted by Crippen LogP contribution is 2.45. The second-order valence-corrected chi connectivity index (χ2v) is 5.18. The first-order valence-electron chi connectivity index (χ1n) is 6.17. The third-order valence-corrected chi connectivity index (χ3v) is 4.19. The summed E-state index contributed by atoms with van der Waals surface area (Å²) in [5.41, 5.74) is 0.497. The van der Waals surface area contributed by atoms with Gasteiger partial charge in [0.1, 0.15) is 6.10 Å². The molecule has 88 valence electrons. The lowest BCUT2D eigenvalue weighted by atomic mass is 9.65. The lowest BCUT2D eigenvalue weighted by Crippen LogP contribution is -2.35. The van der Waals surface area contributed by atoms with Crippen molar-refractivity contribution in [1.82, 2.24) is 0 Å². The Hall–Kier alpha value is -0.530. The van der Waals surface area contributed by atoms with Gasteiger partial charge in [-0.05, 0) is 37.0 Å². The van der Waals surface area contributed by atoms with Gasteiger partial charge in [0.25, 0.3) is 0 Å². The summed E-state index contributed by atoms with van der Waals surface area (Å²) in [5.74, 6) is 0.606. The van der Waals surface area contributed by atoms with Crippen LogP contribution in [-0.2, 0) is 9.53 Å². The molecule has 0 saturated heterocycles. The van der Waals surface area contributed by atoms with Crippen molar-refractivity contribution in [1.29, 1.82) is 0 Å². The molecule has 0 unspecified atom stereocenters. The Morgan fingerprint density at radius 2 is 1.93 bits per heavy atom. The summed E-state index contributed by atoms with van der Waals surface area (Å²) in [7, 11) is 0. The van der Waals surface area contributed by atoms with Crippen LogP contribution in [0.3, 0.4) is 0 Å². The molecule has 0 aromatic heterocycles. The largest absolute Gasteiger partial charge is 0.463 e. The zero-order valence-corrected chi connectivity index (χ0v) is 10.5. The van der Waals surface area contributed by atoms with Crippen LogP contribution in [0.15, 0.2) is 0 Å². The Kier molecular flexibility index (Phi) is 4.18. The first-order valence-corrected chi connectivity index (χ1v) is 6.17. The molecule has 15 heavy (non-hydrogen) atoms. The van der Waals surface area contributed by atoms with E-state index < -0.39 is 0 Å². The maximum absolute atomic E-state index is 10.9. The van der Waals surface area contributed by atoms with Crippen molar-refractivity contribution in [2.24, 2.45) is 11.3 Å². The van der Waals surface area contributed by atoms with E-state index in [0.717, 1.165) is 18.8 Å². The van der Waals surface area contributed by atoms with E-state index in [1.54, 1.807) is 0 Å². The van der Waals surface area contributed by atoms with Gasteiger partial charge < -0.3 is 4.74 Å². The predicted molar refractivity (Wildman–Crippen MR) is 61.6 cm³/mol. The average molecular weight is 212 g/mol. The van der Waals surface area contributed by atoms with Crippen LogP contribution < -0.4 is 0 Å². The van der Waals surface area contributed by atoms with Crippen LogP contribution in [0.4, 0.5) is 0 Å². The third kappa shape index (κ3) is 2.96. The molecular formula is C13H24O2. The average Bonchev–Trinajstić information content (AvgIpc) is 2.18. The number of hydrogen-bond donors (Lipinski definition) is 0. The molecule has 2 nitrogen and oxygen atoms in total. The minimum absolute atomic E-state index is 0.131. The second kappa shape index (κ2) is 5.00. The van der Waals surface area contributed by atoms with Gasteiger partial charge in [-0.15, -0.1) is 0 Å². The minimum atomic E-state index is -0.131. The van der Waals surface area contributed by atoms with Crippen molar-refractivity contribution in [2.75, 3.05) is 0 Å². The molecule has 0 N–H and O–H groups in total. The molecule has 0 atom stereocenters. The summed E-state index contributed by atoms with van der Waals surface area (Å²) in [4.78, 5) is 10.9. The highest BCUT2D eigenvalue weighted by Gasteiger charge is 2.37. The minimum Gasteiger partial charge on any atom is -0.463 e. The Labute approximate surface area is 93.4 Å². The van der Waals surface area contributed by atoms with E-state index >= 15 is 0 Å². The van der Waals surface area contributed by atoms with Gasteiger partial charge in [-0.1, -0.05) is 27.2 Å². The topological polar surface area (TPSA) is 26.3 Å². The van der Waals surface area contributed by atoms with E-state index in [1.807, 2.05) is 0 Å². The third-order valence-electron chi connectivity index (χ3n) is 4.19. The van der Waals surface area contributed by atoms with E-state index in [2.05, 4.69) is 20.8 Å². The SMILES string of the molecule is CCC1(C(C)C)CCC(OC(C)=O)CC1.